The molecule has 0 heterocycles. The van der Waals surface area contributed by atoms with Crippen molar-refractivity contribution in [3.63, 3.8) is 0 Å². The minimum Gasteiger partial charge on any atom is -0.469 e. The lowest BCUT2D eigenvalue weighted by Gasteiger charge is -2.63. The summed E-state index contributed by atoms with van der Waals surface area (Å²) in [6.45, 7) is 9.10. The molecule has 0 aromatic carbocycles. The van der Waals surface area contributed by atoms with E-state index in [1.54, 1.807) is 0 Å². The number of aliphatic hydroxyl groups excluding tert-OH is 1. The maximum absolute atomic E-state index is 11.7. The van der Waals surface area contributed by atoms with Crippen molar-refractivity contribution in [1.82, 2.24) is 5.32 Å². The normalized spacial score (nSPS) is 46.8. The van der Waals surface area contributed by atoms with Crippen LogP contribution in [0.15, 0.2) is 0 Å². The lowest BCUT2D eigenvalue weighted by Crippen LogP contribution is -2.60. The van der Waals surface area contributed by atoms with Crippen molar-refractivity contribution in [3.05, 3.63) is 0 Å². The third-order valence-electron chi connectivity index (χ3n) is 11.5. The fourth-order valence-corrected chi connectivity index (χ4v) is 9.48. The lowest BCUT2D eigenvalue weighted by molar-refractivity contribution is -0.185. The zero-order chi connectivity index (χ0) is 24.7. The Bertz CT molecular complexity index is 733. The molecule has 4 aliphatic carbocycles. The first-order chi connectivity index (χ1) is 16.1. The molecule has 4 rings (SSSR count). The van der Waals surface area contributed by atoms with Crippen LogP contribution in [0.2, 0.25) is 0 Å². The molecule has 196 valence electrons. The van der Waals surface area contributed by atoms with Gasteiger partial charge >= 0.3 is 5.97 Å². The van der Waals surface area contributed by atoms with Gasteiger partial charge in [-0.1, -0.05) is 20.8 Å². The van der Waals surface area contributed by atoms with E-state index >= 15 is 0 Å². The number of nitrogens with one attached hydrogen (secondary N) is 1. The van der Waals surface area contributed by atoms with Gasteiger partial charge in [-0.15, -0.1) is 0 Å². The van der Waals surface area contributed by atoms with Gasteiger partial charge in [0.05, 0.1) is 18.8 Å². The van der Waals surface area contributed by atoms with E-state index in [0.717, 1.165) is 45.1 Å². The Labute approximate surface area is 206 Å². The van der Waals surface area contributed by atoms with Crippen molar-refractivity contribution >= 4 is 5.97 Å². The molecule has 0 bridgehead atoms. The Kier molecular flexibility index (Phi) is 7.75. The van der Waals surface area contributed by atoms with E-state index < -0.39 is 5.60 Å². The van der Waals surface area contributed by atoms with E-state index in [0.29, 0.717) is 55.0 Å². The van der Waals surface area contributed by atoms with Crippen molar-refractivity contribution in [1.29, 1.82) is 0 Å². The summed E-state index contributed by atoms with van der Waals surface area (Å²) >= 11 is 0. The molecule has 6 heteroatoms. The fraction of sp³-hybridized carbons (Fsp3) is 0.964. The Balaban J connectivity index is 1.48. The lowest BCUT2D eigenvalue weighted by atomic mass is 9.43. The van der Waals surface area contributed by atoms with Crippen LogP contribution in [0, 0.1) is 46.3 Å². The molecular weight excluding hydrogens is 428 g/mol. The summed E-state index contributed by atoms with van der Waals surface area (Å²) in [5.74, 6) is 3.07. The minimum absolute atomic E-state index is 0.0541. The van der Waals surface area contributed by atoms with Crippen LogP contribution in [0.3, 0.4) is 0 Å². The fourth-order valence-electron chi connectivity index (χ4n) is 9.48. The van der Waals surface area contributed by atoms with Gasteiger partial charge in [0.1, 0.15) is 0 Å². The van der Waals surface area contributed by atoms with Crippen LogP contribution >= 0.6 is 0 Å². The van der Waals surface area contributed by atoms with E-state index in [-0.39, 0.29) is 22.9 Å². The van der Waals surface area contributed by atoms with Gasteiger partial charge in [-0.05, 0) is 104 Å². The van der Waals surface area contributed by atoms with Crippen LogP contribution in [-0.4, -0.2) is 54.6 Å². The minimum atomic E-state index is -0.624. The van der Waals surface area contributed by atoms with Crippen LogP contribution in [-0.2, 0) is 9.53 Å². The molecule has 0 aromatic heterocycles. The number of rotatable bonds is 8. The van der Waals surface area contributed by atoms with Crippen molar-refractivity contribution in [2.75, 3.05) is 26.7 Å². The van der Waals surface area contributed by atoms with Crippen LogP contribution < -0.4 is 11.1 Å². The monoisotopic (exact) mass is 478 g/mol. The highest BCUT2D eigenvalue weighted by molar-refractivity contribution is 5.69. The summed E-state index contributed by atoms with van der Waals surface area (Å²) in [6.07, 6.45) is 9.48. The molecule has 0 radical (unpaired) electrons. The molecule has 4 aliphatic rings. The van der Waals surface area contributed by atoms with Crippen molar-refractivity contribution in [2.24, 2.45) is 52.1 Å². The van der Waals surface area contributed by atoms with Gasteiger partial charge in [-0.2, -0.15) is 0 Å². The number of carbonyl (C=O) groups excluding carboxylic acids is 1. The SMILES string of the molecule is COC(=O)CC[C@@H](C)[C@H]1CC[C@H]2[C@@H]3CC[C@@H]4C[C@](O)(CNCCN)CC[C@]4(C)[C@H]3C[C@H](O)[C@]12C. The summed E-state index contributed by atoms with van der Waals surface area (Å²) < 4.78 is 4.87. The van der Waals surface area contributed by atoms with Gasteiger partial charge in [-0.25, -0.2) is 0 Å². The van der Waals surface area contributed by atoms with Crippen molar-refractivity contribution < 1.29 is 19.7 Å². The van der Waals surface area contributed by atoms with Gasteiger partial charge < -0.3 is 26.0 Å². The maximum Gasteiger partial charge on any atom is 0.305 e. The number of hydrogen-bond donors (Lipinski definition) is 4. The molecule has 0 saturated heterocycles. The number of nitrogens with two attached hydrogens (primary N) is 1. The Morgan fingerprint density at radius 3 is 2.65 bits per heavy atom. The number of carbonyl (C=O) groups is 1. The van der Waals surface area contributed by atoms with Crippen molar-refractivity contribution in [3.8, 4) is 0 Å². The molecule has 0 spiro atoms. The number of ether oxygens (including phenoxy) is 1. The average Bonchev–Trinajstić information content (AvgIpc) is 3.17. The average molecular weight is 479 g/mol. The molecule has 4 saturated carbocycles. The molecule has 0 aliphatic heterocycles. The number of methoxy groups -OCH3 is 1. The second kappa shape index (κ2) is 9.99. The highest BCUT2D eigenvalue weighted by Crippen LogP contribution is 2.68. The van der Waals surface area contributed by atoms with E-state index in [2.05, 4.69) is 26.1 Å². The van der Waals surface area contributed by atoms with Gasteiger partial charge in [0, 0.05) is 26.1 Å². The van der Waals surface area contributed by atoms with Crippen molar-refractivity contribution in [2.45, 2.75) is 96.7 Å². The first-order valence-corrected chi connectivity index (χ1v) is 14.0. The van der Waals surface area contributed by atoms with E-state index in [9.17, 15) is 15.0 Å². The summed E-state index contributed by atoms with van der Waals surface area (Å²) in [7, 11) is 1.46. The zero-order valence-electron chi connectivity index (χ0n) is 22.0. The number of aliphatic hydroxyl groups is 2. The molecule has 10 atom stereocenters. The summed E-state index contributed by atoms with van der Waals surface area (Å²) in [5, 5.41) is 26.4. The molecule has 5 N–H and O–H groups in total. The van der Waals surface area contributed by atoms with Crippen LogP contribution in [0.4, 0.5) is 0 Å². The Morgan fingerprint density at radius 1 is 1.18 bits per heavy atom. The Hall–Kier alpha value is -0.690. The predicted octanol–water partition coefficient (Wildman–Crippen LogP) is 3.48. The molecule has 0 unspecified atom stereocenters. The number of esters is 1. The third-order valence-corrected chi connectivity index (χ3v) is 11.5. The standard InChI is InChI=1S/C28H50N2O4/c1-18(5-10-25(32)34-4)21-8-9-22-20-7-6-19-16-28(33,17-30-14-13-29)12-11-26(19,2)23(20)15-24(31)27(21,22)3/h18-24,30-31,33H,5-17,29H2,1-4H3/t18-,19-,20+,21-,22+,23+,24+,26+,27-,28+/m1/s1. The van der Waals surface area contributed by atoms with Gasteiger partial charge in [0.15, 0.2) is 0 Å². The van der Waals surface area contributed by atoms with Crippen LogP contribution in [0.1, 0.15) is 85.0 Å². The molecule has 34 heavy (non-hydrogen) atoms. The molecule has 0 amide bonds. The largest absolute Gasteiger partial charge is 0.469 e. The van der Waals surface area contributed by atoms with Gasteiger partial charge in [-0.3, -0.25) is 4.79 Å². The summed E-state index contributed by atoms with van der Waals surface area (Å²) in [5.41, 5.74) is 5.16. The smallest absolute Gasteiger partial charge is 0.305 e. The second-order valence-corrected chi connectivity index (χ2v) is 12.9. The molecule has 6 nitrogen and oxygen atoms in total. The quantitative estimate of drug-likeness (QED) is 0.314. The number of hydrogen-bond acceptors (Lipinski definition) is 6. The predicted molar refractivity (Wildman–Crippen MR) is 134 cm³/mol. The third kappa shape index (κ3) is 4.46. The molecule has 4 fully saturated rings. The second-order valence-electron chi connectivity index (χ2n) is 12.9. The highest BCUT2D eigenvalue weighted by atomic mass is 16.5. The van der Waals surface area contributed by atoms with E-state index in [1.165, 1.54) is 26.4 Å². The topological polar surface area (TPSA) is 105 Å². The first-order valence-electron chi connectivity index (χ1n) is 14.0. The van der Waals surface area contributed by atoms with Gasteiger partial charge in [0.25, 0.3) is 0 Å². The first kappa shape index (κ1) is 26.4. The van der Waals surface area contributed by atoms with Crippen LogP contribution in [0.5, 0.6) is 0 Å². The molecular formula is C28H50N2O4. The van der Waals surface area contributed by atoms with E-state index in [4.69, 9.17) is 10.5 Å². The van der Waals surface area contributed by atoms with E-state index in [1.807, 2.05) is 0 Å². The molecule has 0 aromatic rings. The van der Waals surface area contributed by atoms with Gasteiger partial charge in [0.2, 0.25) is 0 Å². The maximum atomic E-state index is 11.7. The zero-order valence-corrected chi connectivity index (χ0v) is 22.0. The Morgan fingerprint density at radius 2 is 1.94 bits per heavy atom. The van der Waals surface area contributed by atoms with Crippen LogP contribution in [0.25, 0.3) is 0 Å². The highest BCUT2D eigenvalue weighted by Gasteiger charge is 2.64. The number of fused-ring (bicyclic) bond motifs is 5. The summed E-state index contributed by atoms with van der Waals surface area (Å²) in [4.78, 5) is 11.7. The summed E-state index contributed by atoms with van der Waals surface area (Å²) in [6, 6.07) is 0.